The van der Waals surface area contributed by atoms with E-state index >= 15 is 0 Å². The first-order valence-corrected chi connectivity index (χ1v) is 22.9. The fraction of sp³-hybridized carbons (Fsp3) is 0.305. The Bertz CT molecular complexity index is 3100. The molecule has 1 aliphatic carbocycles. The summed E-state index contributed by atoms with van der Waals surface area (Å²) in [6, 6.07) is 45.3. The summed E-state index contributed by atoms with van der Waals surface area (Å²) in [5.41, 5.74) is 13.8. The Labute approximate surface area is 380 Å². The number of anilines is 4. The van der Waals surface area contributed by atoms with Crippen molar-refractivity contribution >= 4 is 67.7 Å². The van der Waals surface area contributed by atoms with E-state index in [1.807, 2.05) is 12.3 Å². The van der Waals surface area contributed by atoms with Gasteiger partial charge in [0.1, 0.15) is 5.52 Å². The number of pyridine rings is 1. The van der Waals surface area contributed by atoms with Crippen molar-refractivity contribution in [1.82, 2.24) is 15.0 Å². The lowest BCUT2D eigenvalue weighted by molar-refractivity contribution is 0.588. The number of aromatic nitrogens is 3. The summed E-state index contributed by atoms with van der Waals surface area (Å²) in [5.74, 6) is 0. The van der Waals surface area contributed by atoms with Crippen LogP contribution in [0, 0.1) is 0 Å². The Morgan fingerprint density at radius 1 is 0.484 bits per heavy atom. The molecule has 0 saturated heterocycles. The summed E-state index contributed by atoms with van der Waals surface area (Å²) in [4.78, 5) is 17.5. The van der Waals surface area contributed by atoms with Crippen LogP contribution in [0.25, 0.3) is 45.0 Å². The molecular weight excluding hydrogens is 779 g/mol. The number of nitrogens with zero attached hydrogens (tertiary/aromatic N) is 4. The highest BCUT2D eigenvalue weighted by Gasteiger charge is 2.33. The van der Waals surface area contributed by atoms with Crippen LogP contribution in [-0.4, -0.2) is 15.0 Å². The highest BCUT2D eigenvalue weighted by Crippen LogP contribution is 2.40. The fourth-order valence-corrected chi connectivity index (χ4v) is 9.19. The molecule has 5 nitrogen and oxygen atoms in total. The number of fused-ring (bicyclic) bond motifs is 7. The van der Waals surface area contributed by atoms with Crippen LogP contribution < -0.4 is 20.7 Å². The maximum atomic E-state index is 5.34. The lowest BCUT2D eigenvalue weighted by Crippen LogP contribution is -2.42. The summed E-state index contributed by atoms with van der Waals surface area (Å²) in [6.07, 6.45) is 9.22. The van der Waals surface area contributed by atoms with Crippen molar-refractivity contribution in [2.75, 3.05) is 10.2 Å². The van der Waals surface area contributed by atoms with Crippen molar-refractivity contribution in [3.8, 4) is 0 Å². The molecule has 0 aliphatic heterocycles. The molecule has 1 unspecified atom stereocenters. The number of rotatable bonds is 6. The molecule has 1 N–H and O–H groups in total. The molecule has 0 spiro atoms. The Kier molecular flexibility index (Phi) is 10.4. The van der Waals surface area contributed by atoms with E-state index in [0.717, 1.165) is 72.4 Å². The Morgan fingerprint density at radius 3 is 1.50 bits per heavy atom. The third-order valence-corrected chi connectivity index (χ3v) is 13.2. The quantitative estimate of drug-likeness (QED) is 0.133. The van der Waals surface area contributed by atoms with E-state index in [1.54, 1.807) is 6.20 Å². The minimum absolute atomic E-state index is 0.0331. The molecule has 2 heterocycles. The van der Waals surface area contributed by atoms with E-state index in [2.05, 4.69) is 226 Å². The average molecular weight is 842 g/mol. The summed E-state index contributed by atoms with van der Waals surface area (Å²) >= 11 is 0. The van der Waals surface area contributed by atoms with E-state index in [4.69, 9.17) is 9.97 Å². The zero-order chi connectivity index (χ0) is 45.4. The lowest BCUT2D eigenvalue weighted by atomic mass is 9.79. The third-order valence-electron chi connectivity index (χ3n) is 13.2. The summed E-state index contributed by atoms with van der Waals surface area (Å²) in [7, 11) is 0. The highest BCUT2D eigenvalue weighted by atomic mass is 15.1. The van der Waals surface area contributed by atoms with Crippen LogP contribution in [0.2, 0.25) is 0 Å². The third kappa shape index (κ3) is 8.06. The molecule has 1 aliphatic rings. The first-order valence-electron chi connectivity index (χ1n) is 22.9. The SMILES string of the molecule is CC(C)(C)c1ccc(NC2(c3ccc(C(C)(C)C)cc3)C=c3c(c4nc5ccncc5nc4c4ccc(N(c5ccc(C(C)(C)C)cc5)c5ccc(C(C)(C)C)cc5)cc34)=CC2)cc1. The second kappa shape index (κ2) is 15.4. The molecule has 0 amide bonds. The van der Waals surface area contributed by atoms with Crippen LogP contribution in [-0.2, 0) is 27.2 Å². The standard InChI is InChI=1S/C59H63N5/c1-55(2,3)38-13-15-42(16-14-38)59(63-43-23-17-39(18-24-43)56(4,5)6)33-31-48-50(36-59)49-35-46(29-30-47(49)53-54(48)61-51-32-34-60-37-52(51)62-53)64(44-25-19-40(20-26-44)57(7,8)9)45-27-21-41(22-28-45)58(10,11)12/h13-32,34-37,63H,33H2,1-12H3. The van der Waals surface area contributed by atoms with Crippen LogP contribution in [0.4, 0.5) is 22.7 Å². The Balaban J connectivity index is 1.33. The predicted molar refractivity (Wildman–Crippen MR) is 273 cm³/mol. The number of hydrogen-bond acceptors (Lipinski definition) is 5. The molecular formula is C59H63N5. The van der Waals surface area contributed by atoms with Crippen molar-refractivity contribution in [3.63, 3.8) is 0 Å². The molecule has 8 aromatic rings. The smallest absolute Gasteiger partial charge is 0.108 e. The summed E-state index contributed by atoms with van der Waals surface area (Å²) in [6.45, 7) is 27.3. The van der Waals surface area contributed by atoms with Gasteiger partial charge in [0, 0.05) is 39.6 Å². The van der Waals surface area contributed by atoms with Gasteiger partial charge < -0.3 is 10.2 Å². The van der Waals surface area contributed by atoms with Crippen molar-refractivity contribution in [2.45, 2.75) is 117 Å². The first kappa shape index (κ1) is 42.9. The van der Waals surface area contributed by atoms with Gasteiger partial charge in [-0.05, 0) is 127 Å². The van der Waals surface area contributed by atoms with Crippen LogP contribution in [0.1, 0.15) is 117 Å². The molecule has 5 heteroatoms. The topological polar surface area (TPSA) is 53.9 Å². The van der Waals surface area contributed by atoms with Crippen LogP contribution >= 0.6 is 0 Å². The molecule has 6 aromatic carbocycles. The zero-order valence-corrected chi connectivity index (χ0v) is 39.9. The first-order chi connectivity index (χ1) is 30.2. The van der Waals surface area contributed by atoms with Gasteiger partial charge in [-0.1, -0.05) is 156 Å². The van der Waals surface area contributed by atoms with Gasteiger partial charge in [0.25, 0.3) is 0 Å². The minimum Gasteiger partial charge on any atom is -0.372 e. The fourth-order valence-electron chi connectivity index (χ4n) is 9.19. The molecule has 1 atom stereocenters. The normalized spacial score (nSPS) is 15.8. The van der Waals surface area contributed by atoms with E-state index in [9.17, 15) is 0 Å². The molecule has 64 heavy (non-hydrogen) atoms. The van der Waals surface area contributed by atoms with Gasteiger partial charge in [0.2, 0.25) is 0 Å². The van der Waals surface area contributed by atoms with Crippen molar-refractivity contribution in [3.05, 3.63) is 172 Å². The Hall–Kier alpha value is -6.33. The Morgan fingerprint density at radius 2 is 0.969 bits per heavy atom. The molecule has 2 aromatic heterocycles. The van der Waals surface area contributed by atoms with Gasteiger partial charge in [-0.25, -0.2) is 9.97 Å². The summed E-state index contributed by atoms with van der Waals surface area (Å²) < 4.78 is 0. The second-order valence-corrected chi connectivity index (χ2v) is 22.1. The van der Waals surface area contributed by atoms with Gasteiger partial charge >= 0.3 is 0 Å². The number of benzene rings is 6. The predicted octanol–water partition coefficient (Wildman–Crippen LogP) is 14.0. The van der Waals surface area contributed by atoms with Gasteiger partial charge in [-0.3, -0.25) is 4.98 Å². The second-order valence-electron chi connectivity index (χ2n) is 22.1. The van der Waals surface area contributed by atoms with Gasteiger partial charge in [0.15, 0.2) is 0 Å². The molecule has 0 bridgehead atoms. The molecule has 9 rings (SSSR count). The maximum absolute atomic E-state index is 5.34. The minimum atomic E-state index is -0.567. The number of hydrogen-bond donors (Lipinski definition) is 1. The largest absolute Gasteiger partial charge is 0.372 e. The average Bonchev–Trinajstić information content (AvgIpc) is 3.25. The van der Waals surface area contributed by atoms with Gasteiger partial charge in [0.05, 0.1) is 28.3 Å². The molecule has 0 fully saturated rings. The van der Waals surface area contributed by atoms with Crippen molar-refractivity contribution in [2.24, 2.45) is 0 Å². The molecule has 324 valence electrons. The van der Waals surface area contributed by atoms with Crippen molar-refractivity contribution < 1.29 is 0 Å². The number of nitrogens with one attached hydrogen (secondary N) is 1. The monoisotopic (exact) mass is 842 g/mol. The maximum Gasteiger partial charge on any atom is 0.108 e. The van der Waals surface area contributed by atoms with Crippen LogP contribution in [0.3, 0.4) is 0 Å². The molecule has 0 radical (unpaired) electrons. The van der Waals surface area contributed by atoms with E-state index in [0.29, 0.717) is 0 Å². The lowest BCUT2D eigenvalue weighted by Gasteiger charge is -2.36. The van der Waals surface area contributed by atoms with Crippen molar-refractivity contribution in [1.29, 1.82) is 0 Å². The van der Waals surface area contributed by atoms with Crippen LogP contribution in [0.5, 0.6) is 0 Å². The van der Waals surface area contributed by atoms with Crippen LogP contribution in [0.15, 0.2) is 134 Å². The summed E-state index contributed by atoms with van der Waals surface area (Å²) in [5, 5.41) is 8.54. The van der Waals surface area contributed by atoms with E-state index < -0.39 is 5.54 Å². The zero-order valence-electron chi connectivity index (χ0n) is 39.9. The van der Waals surface area contributed by atoms with E-state index in [1.165, 1.54) is 27.8 Å². The van der Waals surface area contributed by atoms with E-state index in [-0.39, 0.29) is 21.7 Å². The highest BCUT2D eigenvalue weighted by molar-refractivity contribution is 6.08. The molecule has 0 saturated carbocycles. The van der Waals surface area contributed by atoms with Gasteiger partial charge in [-0.2, -0.15) is 0 Å². The van der Waals surface area contributed by atoms with Gasteiger partial charge in [-0.15, -0.1) is 0 Å².